The van der Waals surface area contributed by atoms with Crippen molar-refractivity contribution in [1.82, 2.24) is 29.9 Å². The Balaban J connectivity index is 1.30. The summed E-state index contributed by atoms with van der Waals surface area (Å²) in [4.78, 5) is 12.4. The van der Waals surface area contributed by atoms with Gasteiger partial charge in [0.15, 0.2) is 5.16 Å². The molecule has 9 heteroatoms. The van der Waals surface area contributed by atoms with Crippen LogP contribution < -0.4 is 10.6 Å². The van der Waals surface area contributed by atoms with Gasteiger partial charge in [0.05, 0.1) is 11.4 Å². The van der Waals surface area contributed by atoms with Crippen molar-refractivity contribution in [3.05, 3.63) is 48.5 Å². The molecule has 30 heavy (non-hydrogen) atoms. The molecule has 2 aromatic heterocycles. The van der Waals surface area contributed by atoms with E-state index in [1.807, 2.05) is 42.8 Å². The third kappa shape index (κ3) is 4.67. The van der Waals surface area contributed by atoms with E-state index in [0.29, 0.717) is 18.3 Å². The number of carbonyl (C=O) groups excluding carboxylic acids is 1. The smallest absolute Gasteiger partial charge is 0.319 e. The number of para-hydroxylation sites is 2. The molecule has 4 rings (SSSR count). The molecule has 2 amide bonds. The SMILES string of the molecule is CSc1nnc(CCCNC(=O)Nc2ccccc2-n2cccn2)n1C1CCCC1. The number of hydrogen-bond donors (Lipinski definition) is 2. The lowest BCUT2D eigenvalue weighted by Crippen LogP contribution is -2.30. The quantitative estimate of drug-likeness (QED) is 0.420. The molecule has 1 saturated carbocycles. The van der Waals surface area contributed by atoms with Crippen molar-refractivity contribution in [2.45, 2.75) is 49.7 Å². The van der Waals surface area contributed by atoms with Crippen molar-refractivity contribution < 1.29 is 4.79 Å². The van der Waals surface area contributed by atoms with Crippen LogP contribution in [0.25, 0.3) is 5.69 Å². The maximum Gasteiger partial charge on any atom is 0.319 e. The second-order valence-corrected chi connectivity index (χ2v) is 8.14. The first-order chi connectivity index (χ1) is 14.8. The van der Waals surface area contributed by atoms with Crippen LogP contribution in [0.1, 0.15) is 44.0 Å². The van der Waals surface area contributed by atoms with Gasteiger partial charge >= 0.3 is 6.03 Å². The molecule has 0 atom stereocenters. The van der Waals surface area contributed by atoms with Gasteiger partial charge in [-0.3, -0.25) is 0 Å². The van der Waals surface area contributed by atoms with Gasteiger partial charge in [0.25, 0.3) is 0 Å². The number of hydrogen-bond acceptors (Lipinski definition) is 5. The van der Waals surface area contributed by atoms with E-state index >= 15 is 0 Å². The van der Waals surface area contributed by atoms with Crippen molar-refractivity contribution >= 4 is 23.5 Å². The Hall–Kier alpha value is -2.81. The Kier molecular flexibility index (Phi) is 6.68. The molecule has 1 fully saturated rings. The summed E-state index contributed by atoms with van der Waals surface area (Å²) in [5.74, 6) is 1.03. The number of urea groups is 1. The second-order valence-electron chi connectivity index (χ2n) is 7.36. The van der Waals surface area contributed by atoms with Crippen LogP contribution in [-0.4, -0.2) is 43.4 Å². The summed E-state index contributed by atoms with van der Waals surface area (Å²) in [7, 11) is 0. The van der Waals surface area contributed by atoms with E-state index in [9.17, 15) is 4.79 Å². The standard InChI is InChI=1S/C21H27N7OS/c1-30-21-26-25-19(28(21)16-8-2-3-9-16)12-6-13-22-20(29)24-17-10-4-5-11-18(17)27-15-7-14-23-27/h4-5,7,10-11,14-16H,2-3,6,8-9,12-13H2,1H3,(H2,22,24,29). The molecule has 158 valence electrons. The van der Waals surface area contributed by atoms with Gasteiger partial charge in [0.1, 0.15) is 5.82 Å². The van der Waals surface area contributed by atoms with Crippen LogP contribution >= 0.6 is 11.8 Å². The minimum atomic E-state index is -0.225. The average Bonchev–Trinajstić information content (AvgIpc) is 3.53. The van der Waals surface area contributed by atoms with Gasteiger partial charge in [-0.25, -0.2) is 9.48 Å². The highest BCUT2D eigenvalue weighted by Crippen LogP contribution is 2.33. The van der Waals surface area contributed by atoms with Crippen molar-refractivity contribution in [2.24, 2.45) is 0 Å². The van der Waals surface area contributed by atoms with E-state index in [1.165, 1.54) is 25.7 Å². The maximum absolute atomic E-state index is 12.4. The lowest BCUT2D eigenvalue weighted by atomic mass is 10.2. The van der Waals surface area contributed by atoms with Crippen LogP contribution in [0.15, 0.2) is 47.9 Å². The topological polar surface area (TPSA) is 89.7 Å². The van der Waals surface area contributed by atoms with E-state index in [1.54, 1.807) is 22.6 Å². The predicted octanol–water partition coefficient (Wildman–Crippen LogP) is 4.06. The number of anilines is 1. The van der Waals surface area contributed by atoms with E-state index < -0.39 is 0 Å². The molecule has 0 spiro atoms. The average molecular weight is 426 g/mol. The molecule has 0 saturated heterocycles. The fourth-order valence-electron chi connectivity index (χ4n) is 3.95. The third-order valence-electron chi connectivity index (χ3n) is 5.37. The Morgan fingerprint density at radius 1 is 1.20 bits per heavy atom. The zero-order chi connectivity index (χ0) is 20.8. The molecule has 2 N–H and O–H groups in total. The Labute approximate surface area is 180 Å². The molecule has 1 aromatic carbocycles. The minimum absolute atomic E-state index is 0.225. The molecule has 3 aromatic rings. The zero-order valence-corrected chi connectivity index (χ0v) is 17.9. The van der Waals surface area contributed by atoms with Crippen LogP contribution in [-0.2, 0) is 6.42 Å². The van der Waals surface area contributed by atoms with Gasteiger partial charge in [-0.2, -0.15) is 5.10 Å². The number of amides is 2. The van der Waals surface area contributed by atoms with Crippen molar-refractivity contribution in [2.75, 3.05) is 18.1 Å². The molecule has 8 nitrogen and oxygen atoms in total. The maximum atomic E-state index is 12.4. The summed E-state index contributed by atoms with van der Waals surface area (Å²) in [5.41, 5.74) is 1.54. The minimum Gasteiger partial charge on any atom is -0.338 e. The van der Waals surface area contributed by atoms with Crippen LogP contribution in [0.5, 0.6) is 0 Å². The monoisotopic (exact) mass is 425 g/mol. The zero-order valence-electron chi connectivity index (χ0n) is 17.1. The normalized spacial score (nSPS) is 14.2. The predicted molar refractivity (Wildman–Crippen MR) is 118 cm³/mol. The molecular formula is C21H27N7OS. The lowest BCUT2D eigenvalue weighted by molar-refractivity contribution is 0.252. The highest BCUT2D eigenvalue weighted by Gasteiger charge is 2.23. The first kappa shape index (κ1) is 20.5. The number of carbonyl (C=O) groups is 1. The van der Waals surface area contributed by atoms with Crippen LogP contribution in [0.3, 0.4) is 0 Å². The third-order valence-corrected chi connectivity index (χ3v) is 6.02. The molecule has 0 aliphatic heterocycles. The van der Waals surface area contributed by atoms with Gasteiger partial charge in [0.2, 0.25) is 0 Å². The number of rotatable bonds is 8. The number of nitrogens with one attached hydrogen (secondary N) is 2. The van der Waals surface area contributed by atoms with E-state index in [2.05, 4.69) is 30.5 Å². The summed E-state index contributed by atoms with van der Waals surface area (Å²) in [5, 5.41) is 19.9. The van der Waals surface area contributed by atoms with Crippen molar-refractivity contribution in [3.8, 4) is 5.69 Å². The fourth-order valence-corrected chi connectivity index (χ4v) is 4.53. The number of aryl methyl sites for hydroxylation is 1. The van der Waals surface area contributed by atoms with Crippen LogP contribution in [0.2, 0.25) is 0 Å². The molecule has 0 bridgehead atoms. The van der Waals surface area contributed by atoms with Gasteiger partial charge in [-0.05, 0) is 43.7 Å². The summed E-state index contributed by atoms with van der Waals surface area (Å²) < 4.78 is 4.05. The summed E-state index contributed by atoms with van der Waals surface area (Å²) in [6.07, 6.45) is 12.2. The molecule has 1 aliphatic rings. The Morgan fingerprint density at radius 2 is 2.03 bits per heavy atom. The van der Waals surface area contributed by atoms with Crippen LogP contribution in [0.4, 0.5) is 10.5 Å². The Morgan fingerprint density at radius 3 is 2.80 bits per heavy atom. The molecule has 2 heterocycles. The number of aromatic nitrogens is 5. The first-order valence-corrected chi connectivity index (χ1v) is 11.6. The number of benzene rings is 1. The molecule has 1 aliphatic carbocycles. The summed E-state index contributed by atoms with van der Waals surface area (Å²) in [6, 6.07) is 9.74. The van der Waals surface area contributed by atoms with E-state index in [4.69, 9.17) is 0 Å². The van der Waals surface area contributed by atoms with E-state index in [0.717, 1.165) is 29.5 Å². The molecule has 0 unspecified atom stereocenters. The Bertz CT molecular complexity index is 964. The molecular weight excluding hydrogens is 398 g/mol. The first-order valence-electron chi connectivity index (χ1n) is 10.4. The molecule has 0 radical (unpaired) electrons. The van der Waals surface area contributed by atoms with Crippen molar-refractivity contribution in [1.29, 1.82) is 0 Å². The van der Waals surface area contributed by atoms with Gasteiger partial charge in [0, 0.05) is 31.4 Å². The largest absolute Gasteiger partial charge is 0.338 e. The lowest BCUT2D eigenvalue weighted by Gasteiger charge is -2.16. The van der Waals surface area contributed by atoms with Gasteiger partial charge in [-0.15, -0.1) is 10.2 Å². The summed E-state index contributed by atoms with van der Waals surface area (Å²) in [6.45, 7) is 0.571. The van der Waals surface area contributed by atoms with Gasteiger partial charge in [-0.1, -0.05) is 36.7 Å². The van der Waals surface area contributed by atoms with Gasteiger partial charge < -0.3 is 15.2 Å². The fraction of sp³-hybridized carbons (Fsp3) is 0.429. The highest BCUT2D eigenvalue weighted by molar-refractivity contribution is 7.98. The highest BCUT2D eigenvalue weighted by atomic mass is 32.2. The van der Waals surface area contributed by atoms with Crippen LogP contribution in [0, 0.1) is 0 Å². The second kappa shape index (κ2) is 9.80. The van der Waals surface area contributed by atoms with E-state index in [-0.39, 0.29) is 6.03 Å². The number of nitrogens with zero attached hydrogens (tertiary/aromatic N) is 5. The van der Waals surface area contributed by atoms with Crippen molar-refractivity contribution in [3.63, 3.8) is 0 Å². The number of thioether (sulfide) groups is 1. The summed E-state index contributed by atoms with van der Waals surface area (Å²) >= 11 is 1.65.